The van der Waals surface area contributed by atoms with Crippen LogP contribution < -0.4 is 11.1 Å². The van der Waals surface area contributed by atoms with Gasteiger partial charge in [0.2, 0.25) is 0 Å². The Kier molecular flexibility index (Phi) is 4.91. The van der Waals surface area contributed by atoms with E-state index in [-0.39, 0.29) is 11.5 Å². The Balaban J connectivity index is 2.05. The molecule has 0 radical (unpaired) electrons. The summed E-state index contributed by atoms with van der Waals surface area (Å²) in [4.78, 5) is 7.12. The molecule has 1 atom stereocenters. The van der Waals surface area contributed by atoms with Gasteiger partial charge in [-0.1, -0.05) is 6.07 Å². The Morgan fingerprint density at radius 3 is 2.37 bits per heavy atom. The molecule has 3 N–H and O–H groups in total. The molecule has 0 amide bonds. The molecule has 11 heteroatoms. The fourth-order valence-corrected chi connectivity index (χ4v) is 3.24. The van der Waals surface area contributed by atoms with Gasteiger partial charge in [0.05, 0.1) is 0 Å². The van der Waals surface area contributed by atoms with Gasteiger partial charge >= 0.3 is 12.1 Å². The summed E-state index contributed by atoms with van der Waals surface area (Å²) in [5.41, 5.74) is -0.583. The number of alkyl halides is 5. The molecule has 0 bridgehead atoms. The number of aromatic nitrogens is 1. The van der Waals surface area contributed by atoms with Gasteiger partial charge in [0.15, 0.2) is 11.1 Å². The molecule has 3 rings (SSSR count). The van der Waals surface area contributed by atoms with Crippen molar-refractivity contribution in [1.82, 2.24) is 4.98 Å². The van der Waals surface area contributed by atoms with E-state index in [2.05, 4.69) is 15.3 Å². The van der Waals surface area contributed by atoms with Gasteiger partial charge in [-0.05, 0) is 51.1 Å². The molecule has 1 aromatic carbocycles. The maximum atomic E-state index is 15.2. The van der Waals surface area contributed by atoms with Crippen molar-refractivity contribution in [3.63, 3.8) is 0 Å². The predicted octanol–water partition coefficient (Wildman–Crippen LogP) is 4.96. The highest BCUT2D eigenvalue weighted by atomic mass is 19.4. The second-order valence-electron chi connectivity index (χ2n) is 7.43. The molecule has 1 aromatic heterocycles. The van der Waals surface area contributed by atoms with Gasteiger partial charge in [-0.25, -0.2) is 14.4 Å². The standard InChI is InChI=1S/C19H18F6N4O/c1-16(2)19(24,25)17(3,29-15(26)30-16)11-9-10(7-8-12(11)20)27-14-6-4-5-13(28-14)18(21,22)23/h4-9H,1-3H3,(H2,26,29)(H,27,28). The Morgan fingerprint density at radius 2 is 1.73 bits per heavy atom. The van der Waals surface area contributed by atoms with E-state index < -0.39 is 46.3 Å². The third-order valence-corrected chi connectivity index (χ3v) is 4.86. The van der Waals surface area contributed by atoms with Crippen LogP contribution >= 0.6 is 0 Å². The van der Waals surface area contributed by atoms with Crippen molar-refractivity contribution >= 4 is 17.5 Å². The van der Waals surface area contributed by atoms with E-state index in [9.17, 15) is 17.6 Å². The number of nitrogens with one attached hydrogen (secondary N) is 1. The lowest BCUT2D eigenvalue weighted by Crippen LogP contribution is -2.62. The topological polar surface area (TPSA) is 72.5 Å². The van der Waals surface area contributed by atoms with Crippen LogP contribution in [0, 0.1) is 5.82 Å². The minimum absolute atomic E-state index is 0.0355. The van der Waals surface area contributed by atoms with E-state index in [1.54, 1.807) is 0 Å². The molecule has 162 valence electrons. The van der Waals surface area contributed by atoms with Crippen molar-refractivity contribution in [2.75, 3.05) is 5.32 Å². The molecule has 0 saturated carbocycles. The zero-order valence-corrected chi connectivity index (χ0v) is 16.1. The summed E-state index contributed by atoms with van der Waals surface area (Å²) in [7, 11) is 0. The van der Waals surface area contributed by atoms with E-state index in [4.69, 9.17) is 10.5 Å². The average molecular weight is 432 g/mol. The first kappa shape index (κ1) is 21.7. The second kappa shape index (κ2) is 6.78. The Hall–Kier alpha value is -2.98. The quantitative estimate of drug-likeness (QED) is 0.673. The van der Waals surface area contributed by atoms with Gasteiger partial charge in [-0.3, -0.25) is 0 Å². The molecule has 0 saturated heterocycles. The van der Waals surface area contributed by atoms with Crippen LogP contribution in [0.4, 0.5) is 37.8 Å². The number of nitrogens with two attached hydrogens (primary N) is 1. The third-order valence-electron chi connectivity index (χ3n) is 4.86. The van der Waals surface area contributed by atoms with Crippen molar-refractivity contribution in [3.05, 3.63) is 53.5 Å². The van der Waals surface area contributed by atoms with Gasteiger partial charge in [-0.15, -0.1) is 0 Å². The summed E-state index contributed by atoms with van der Waals surface area (Å²) in [5.74, 6) is -4.87. The summed E-state index contributed by atoms with van der Waals surface area (Å²) >= 11 is 0. The van der Waals surface area contributed by atoms with Crippen LogP contribution in [0.3, 0.4) is 0 Å². The summed E-state index contributed by atoms with van der Waals surface area (Å²) < 4.78 is 88.5. The fraction of sp³-hybridized carbons (Fsp3) is 0.368. The molecule has 5 nitrogen and oxygen atoms in total. The normalized spacial score (nSPS) is 22.8. The number of ether oxygens (including phenoxy) is 1. The first-order valence-corrected chi connectivity index (χ1v) is 8.71. The average Bonchev–Trinajstić information content (AvgIpc) is 2.61. The first-order chi connectivity index (χ1) is 13.7. The number of pyridine rings is 1. The maximum Gasteiger partial charge on any atom is 0.433 e. The number of amidine groups is 1. The minimum atomic E-state index is -4.67. The van der Waals surface area contributed by atoms with Crippen molar-refractivity contribution in [2.24, 2.45) is 10.7 Å². The summed E-state index contributed by atoms with van der Waals surface area (Å²) in [6.45, 7) is 3.20. The van der Waals surface area contributed by atoms with Crippen molar-refractivity contribution < 1.29 is 31.1 Å². The van der Waals surface area contributed by atoms with E-state index in [0.717, 1.165) is 45.0 Å². The number of benzene rings is 1. The summed E-state index contributed by atoms with van der Waals surface area (Å²) in [6, 6.07) is 5.74. The molecule has 0 fully saturated rings. The molecule has 1 aliphatic rings. The highest BCUT2D eigenvalue weighted by molar-refractivity contribution is 5.74. The third kappa shape index (κ3) is 3.52. The summed E-state index contributed by atoms with van der Waals surface area (Å²) in [6.07, 6.45) is -4.67. The van der Waals surface area contributed by atoms with Gasteiger partial charge in [0, 0.05) is 11.3 Å². The lowest BCUT2D eigenvalue weighted by Gasteiger charge is -2.46. The molecule has 1 unspecified atom stereocenters. The molecular weight excluding hydrogens is 414 g/mol. The van der Waals surface area contributed by atoms with E-state index >= 15 is 8.78 Å². The first-order valence-electron chi connectivity index (χ1n) is 8.71. The second-order valence-corrected chi connectivity index (χ2v) is 7.43. The lowest BCUT2D eigenvalue weighted by molar-refractivity contribution is -0.207. The largest absolute Gasteiger partial charge is 0.453 e. The minimum Gasteiger partial charge on any atom is -0.453 e. The Labute approximate surface area is 168 Å². The highest BCUT2D eigenvalue weighted by Crippen LogP contribution is 2.52. The molecule has 2 heterocycles. The number of halogens is 6. The molecule has 1 aliphatic heterocycles. The van der Waals surface area contributed by atoms with Crippen molar-refractivity contribution in [3.8, 4) is 0 Å². The van der Waals surface area contributed by atoms with Crippen LogP contribution in [0.1, 0.15) is 32.0 Å². The number of anilines is 2. The van der Waals surface area contributed by atoms with E-state index in [1.807, 2.05) is 0 Å². The zero-order valence-electron chi connectivity index (χ0n) is 16.1. The van der Waals surface area contributed by atoms with Crippen molar-refractivity contribution in [1.29, 1.82) is 0 Å². The predicted molar refractivity (Wildman–Crippen MR) is 98.0 cm³/mol. The Morgan fingerprint density at radius 1 is 1.07 bits per heavy atom. The maximum absolute atomic E-state index is 15.2. The van der Waals surface area contributed by atoms with Gasteiger partial charge in [-0.2, -0.15) is 22.0 Å². The van der Waals surface area contributed by atoms with Gasteiger partial charge < -0.3 is 15.8 Å². The zero-order chi connectivity index (χ0) is 22.5. The molecule has 30 heavy (non-hydrogen) atoms. The van der Waals surface area contributed by atoms with Crippen molar-refractivity contribution in [2.45, 2.75) is 44.0 Å². The van der Waals surface area contributed by atoms with E-state index in [0.29, 0.717) is 0 Å². The number of rotatable bonds is 3. The number of aliphatic imine (C=N–C) groups is 1. The molecule has 2 aromatic rings. The monoisotopic (exact) mass is 432 g/mol. The van der Waals surface area contributed by atoms with Crippen LogP contribution in [-0.2, 0) is 16.5 Å². The van der Waals surface area contributed by atoms with Crippen LogP contribution in [0.5, 0.6) is 0 Å². The Bertz CT molecular complexity index is 1000. The fourth-order valence-electron chi connectivity index (χ4n) is 3.24. The van der Waals surface area contributed by atoms with Gasteiger partial charge in [0.25, 0.3) is 6.02 Å². The molecular formula is C19H18F6N4O. The molecule has 0 aliphatic carbocycles. The SMILES string of the molecule is CC1(C)OC(N)=NC(C)(c2cc(Nc3cccc(C(F)(F)F)n3)ccc2F)C1(F)F. The van der Waals surface area contributed by atoms with Gasteiger partial charge in [0.1, 0.15) is 17.3 Å². The van der Waals surface area contributed by atoms with Crippen LogP contribution in [0.2, 0.25) is 0 Å². The van der Waals surface area contributed by atoms with Crippen LogP contribution in [0.25, 0.3) is 0 Å². The van der Waals surface area contributed by atoms with Crippen LogP contribution in [-0.4, -0.2) is 22.5 Å². The smallest absolute Gasteiger partial charge is 0.433 e. The number of hydrogen-bond acceptors (Lipinski definition) is 5. The highest BCUT2D eigenvalue weighted by Gasteiger charge is 2.66. The van der Waals surface area contributed by atoms with E-state index in [1.165, 1.54) is 12.1 Å². The summed E-state index contributed by atoms with van der Waals surface area (Å²) in [5, 5.41) is 2.57. The number of hydrogen-bond donors (Lipinski definition) is 2. The molecule has 0 spiro atoms. The van der Waals surface area contributed by atoms with Crippen LogP contribution in [0.15, 0.2) is 41.4 Å². The number of nitrogens with zero attached hydrogens (tertiary/aromatic N) is 2. The lowest BCUT2D eigenvalue weighted by atomic mass is 9.77.